The summed E-state index contributed by atoms with van der Waals surface area (Å²) in [5, 5.41) is 30.6. The Kier molecular flexibility index (Phi) is 5.91. The van der Waals surface area contributed by atoms with Crippen LogP contribution in [0.1, 0.15) is 70.6 Å². The highest BCUT2D eigenvalue weighted by atomic mass is 16.4. The Morgan fingerprint density at radius 2 is 1.89 bits per heavy atom. The first kappa shape index (κ1) is 19.4. The summed E-state index contributed by atoms with van der Waals surface area (Å²) in [5.74, 6) is 0.448. The van der Waals surface area contributed by atoms with Gasteiger partial charge in [-0.05, 0) is 56.8 Å². The molecule has 2 aliphatic carbocycles. The average Bonchev–Trinajstić information content (AvgIpc) is 3.34. The van der Waals surface area contributed by atoms with Gasteiger partial charge in [-0.25, -0.2) is 0 Å². The molecule has 0 spiro atoms. The summed E-state index contributed by atoms with van der Waals surface area (Å²) in [6.45, 7) is 0. The number of carboxylic acids is 1. The number of fused-ring (bicyclic) bond motifs is 3. The zero-order valence-electron chi connectivity index (χ0n) is 16.2. The largest absolute Gasteiger partial charge is 0.480 e. The van der Waals surface area contributed by atoms with Gasteiger partial charge in [0.15, 0.2) is 0 Å². The van der Waals surface area contributed by atoms with Crippen molar-refractivity contribution in [3.8, 4) is 0 Å². The van der Waals surface area contributed by atoms with Crippen LogP contribution in [0.2, 0.25) is 0 Å². The second-order valence-electron chi connectivity index (χ2n) is 9.41. The summed E-state index contributed by atoms with van der Waals surface area (Å²) < 4.78 is 0. The molecule has 2 aliphatic heterocycles. The number of hydrogen-bond acceptors (Lipinski definition) is 4. The molecule has 5 nitrogen and oxygen atoms in total. The van der Waals surface area contributed by atoms with E-state index in [0.717, 1.165) is 44.4 Å². The van der Waals surface area contributed by atoms with E-state index in [1.807, 2.05) is 12.2 Å². The van der Waals surface area contributed by atoms with E-state index in [1.54, 1.807) is 0 Å². The Bertz CT molecular complexity index is 559. The van der Waals surface area contributed by atoms with E-state index in [2.05, 4.69) is 4.90 Å². The normalized spacial score (nSPS) is 41.1. The minimum absolute atomic E-state index is 0.0520. The molecule has 5 heteroatoms. The van der Waals surface area contributed by atoms with E-state index in [4.69, 9.17) is 0 Å². The van der Waals surface area contributed by atoms with Crippen molar-refractivity contribution in [1.82, 2.24) is 4.90 Å². The van der Waals surface area contributed by atoms with E-state index in [1.165, 1.54) is 25.7 Å². The van der Waals surface area contributed by atoms with Crippen molar-refractivity contribution in [3.63, 3.8) is 0 Å². The zero-order chi connectivity index (χ0) is 19.0. The molecule has 4 aliphatic rings. The molecule has 0 bridgehead atoms. The molecule has 2 heterocycles. The van der Waals surface area contributed by atoms with Gasteiger partial charge in [0.25, 0.3) is 0 Å². The minimum atomic E-state index is -0.712. The van der Waals surface area contributed by atoms with Crippen LogP contribution in [-0.2, 0) is 4.79 Å². The molecule has 0 aromatic rings. The second kappa shape index (κ2) is 8.22. The van der Waals surface area contributed by atoms with Gasteiger partial charge < -0.3 is 15.3 Å². The van der Waals surface area contributed by atoms with Gasteiger partial charge in [-0.15, -0.1) is 0 Å². The SMILES string of the molecule is O=C(O)C1CCCC2C[C@@H]3[C@@H](/C=C/[C@H](O)CCC4CCCC4)[C@H](O)C[C@H]3N21. The molecule has 152 valence electrons. The average molecular weight is 378 g/mol. The first-order valence-corrected chi connectivity index (χ1v) is 11.1. The van der Waals surface area contributed by atoms with Crippen LogP contribution in [0.3, 0.4) is 0 Å². The third-order valence-corrected chi connectivity index (χ3v) is 7.83. The van der Waals surface area contributed by atoms with Crippen molar-refractivity contribution in [2.45, 2.75) is 101 Å². The number of carboxylic acid groups (broad SMARTS) is 1. The van der Waals surface area contributed by atoms with Crippen LogP contribution >= 0.6 is 0 Å². The third-order valence-electron chi connectivity index (χ3n) is 7.83. The first-order valence-electron chi connectivity index (χ1n) is 11.1. The molecule has 0 radical (unpaired) electrons. The van der Waals surface area contributed by atoms with Gasteiger partial charge in [0.05, 0.1) is 12.2 Å². The van der Waals surface area contributed by atoms with Crippen molar-refractivity contribution in [1.29, 1.82) is 0 Å². The van der Waals surface area contributed by atoms with Crippen molar-refractivity contribution in [2.75, 3.05) is 0 Å². The third kappa shape index (κ3) is 3.96. The van der Waals surface area contributed by atoms with Gasteiger partial charge in [0, 0.05) is 18.0 Å². The van der Waals surface area contributed by atoms with E-state index in [-0.39, 0.29) is 18.0 Å². The molecule has 4 rings (SSSR count). The minimum Gasteiger partial charge on any atom is -0.480 e. The fourth-order valence-corrected chi connectivity index (χ4v) is 6.51. The topological polar surface area (TPSA) is 81.0 Å². The summed E-state index contributed by atoms with van der Waals surface area (Å²) >= 11 is 0. The fourth-order valence-electron chi connectivity index (χ4n) is 6.51. The highest BCUT2D eigenvalue weighted by Gasteiger charge is 2.54. The van der Waals surface area contributed by atoms with E-state index in [9.17, 15) is 20.1 Å². The summed E-state index contributed by atoms with van der Waals surface area (Å²) in [7, 11) is 0. The lowest BCUT2D eigenvalue weighted by atomic mass is 9.88. The van der Waals surface area contributed by atoms with Crippen LogP contribution in [0.5, 0.6) is 0 Å². The molecule has 2 saturated heterocycles. The standard InChI is InChI=1S/C22H35NO4/c24-16(9-8-14-4-1-2-5-14)10-11-17-18-12-15-6-3-7-19(22(26)27)23(15)20(18)13-21(17)25/h10-11,14-21,24-25H,1-9,12-13H2,(H,26,27)/b11-10+/t15?,16-,17-,18-,19?,20-,21-/m1/s1. The molecule has 2 unspecified atom stereocenters. The van der Waals surface area contributed by atoms with Gasteiger partial charge in [-0.3, -0.25) is 9.69 Å². The van der Waals surface area contributed by atoms with Crippen LogP contribution in [0.4, 0.5) is 0 Å². The van der Waals surface area contributed by atoms with Gasteiger partial charge in [0.1, 0.15) is 6.04 Å². The van der Waals surface area contributed by atoms with Gasteiger partial charge >= 0.3 is 5.97 Å². The molecule has 0 aromatic carbocycles. The van der Waals surface area contributed by atoms with E-state index < -0.39 is 18.2 Å². The quantitative estimate of drug-likeness (QED) is 0.620. The summed E-state index contributed by atoms with van der Waals surface area (Å²) in [4.78, 5) is 13.9. The Labute approximate surface area is 162 Å². The van der Waals surface area contributed by atoms with Crippen LogP contribution < -0.4 is 0 Å². The van der Waals surface area contributed by atoms with Crippen molar-refractivity contribution in [3.05, 3.63) is 12.2 Å². The summed E-state index contributed by atoms with van der Waals surface area (Å²) in [5.41, 5.74) is 0. The number of piperidine rings is 1. The van der Waals surface area contributed by atoms with E-state index in [0.29, 0.717) is 18.4 Å². The molecule has 27 heavy (non-hydrogen) atoms. The molecular formula is C22H35NO4. The summed E-state index contributed by atoms with van der Waals surface area (Å²) in [6, 6.07) is 0.146. The van der Waals surface area contributed by atoms with Gasteiger partial charge in [-0.2, -0.15) is 0 Å². The predicted molar refractivity (Wildman–Crippen MR) is 103 cm³/mol. The molecule has 0 amide bonds. The van der Waals surface area contributed by atoms with Crippen molar-refractivity contribution >= 4 is 5.97 Å². The zero-order valence-corrected chi connectivity index (χ0v) is 16.2. The molecule has 7 atom stereocenters. The van der Waals surface area contributed by atoms with Gasteiger partial charge in [-0.1, -0.05) is 37.8 Å². The van der Waals surface area contributed by atoms with Crippen LogP contribution in [-0.4, -0.2) is 56.5 Å². The lowest BCUT2D eigenvalue weighted by molar-refractivity contribution is -0.146. The van der Waals surface area contributed by atoms with E-state index >= 15 is 0 Å². The molecule has 4 fully saturated rings. The molecular weight excluding hydrogens is 342 g/mol. The highest BCUT2D eigenvalue weighted by Crippen LogP contribution is 2.49. The smallest absolute Gasteiger partial charge is 0.320 e. The van der Waals surface area contributed by atoms with Crippen LogP contribution in [0.25, 0.3) is 0 Å². The Morgan fingerprint density at radius 3 is 2.63 bits per heavy atom. The number of rotatable bonds is 6. The highest BCUT2D eigenvalue weighted by molar-refractivity contribution is 5.73. The number of hydrogen-bond donors (Lipinski definition) is 3. The summed E-state index contributed by atoms with van der Waals surface area (Å²) in [6.07, 6.45) is 14.7. The maximum Gasteiger partial charge on any atom is 0.320 e. The Hall–Kier alpha value is -0.910. The molecule has 3 N–H and O–H groups in total. The van der Waals surface area contributed by atoms with Crippen molar-refractivity contribution < 1.29 is 20.1 Å². The Morgan fingerprint density at radius 1 is 1.11 bits per heavy atom. The first-order chi connectivity index (χ1) is 13.0. The molecule has 0 aromatic heterocycles. The lowest BCUT2D eigenvalue weighted by Crippen LogP contribution is -2.51. The van der Waals surface area contributed by atoms with Crippen LogP contribution in [0, 0.1) is 17.8 Å². The number of aliphatic hydroxyl groups excluding tert-OH is 2. The fraction of sp³-hybridized carbons (Fsp3) is 0.864. The lowest BCUT2D eigenvalue weighted by Gasteiger charge is -2.38. The maximum absolute atomic E-state index is 11.7. The van der Waals surface area contributed by atoms with Crippen molar-refractivity contribution in [2.24, 2.45) is 17.8 Å². The number of carbonyl (C=O) groups is 1. The van der Waals surface area contributed by atoms with Gasteiger partial charge in [0.2, 0.25) is 0 Å². The molecule has 2 saturated carbocycles. The Balaban J connectivity index is 1.37. The second-order valence-corrected chi connectivity index (χ2v) is 9.41. The predicted octanol–water partition coefficient (Wildman–Crippen LogP) is 2.95. The number of nitrogens with zero attached hydrogens (tertiary/aromatic N) is 1. The maximum atomic E-state index is 11.7. The number of aliphatic carboxylic acids is 1. The van der Waals surface area contributed by atoms with Crippen LogP contribution in [0.15, 0.2) is 12.2 Å². The monoisotopic (exact) mass is 377 g/mol. The number of aliphatic hydroxyl groups is 2.